The molecule has 0 aliphatic carbocycles. The predicted molar refractivity (Wildman–Crippen MR) is 99.7 cm³/mol. The largest absolute Gasteiger partial charge is 0.416 e. The van der Waals surface area contributed by atoms with Crippen LogP contribution in [-0.2, 0) is 11.0 Å². The third-order valence-corrected chi connectivity index (χ3v) is 4.91. The van der Waals surface area contributed by atoms with Gasteiger partial charge in [0.2, 0.25) is 5.91 Å². The zero-order chi connectivity index (χ0) is 20.3. The summed E-state index contributed by atoms with van der Waals surface area (Å²) in [6, 6.07) is 10.3. The van der Waals surface area contributed by atoms with Gasteiger partial charge in [0.25, 0.3) is 0 Å². The van der Waals surface area contributed by atoms with E-state index in [1.54, 1.807) is 19.1 Å². The summed E-state index contributed by atoms with van der Waals surface area (Å²) in [5.74, 6) is -0.550. The maximum atomic E-state index is 13.0. The van der Waals surface area contributed by atoms with Gasteiger partial charge in [-0.2, -0.15) is 13.2 Å². The summed E-state index contributed by atoms with van der Waals surface area (Å²) in [6.07, 6.45) is -4.40. The molecule has 1 saturated heterocycles. The maximum absolute atomic E-state index is 13.0. The second-order valence-corrected chi connectivity index (χ2v) is 6.74. The lowest BCUT2D eigenvalue weighted by molar-refractivity contribution is -0.137. The molecule has 1 fully saturated rings. The highest BCUT2D eigenvalue weighted by atomic mass is 19.4. The highest BCUT2D eigenvalue weighted by Gasteiger charge is 2.30. The Morgan fingerprint density at radius 3 is 2.07 bits per heavy atom. The Hall–Kier alpha value is -2.61. The van der Waals surface area contributed by atoms with Crippen LogP contribution in [0.3, 0.4) is 0 Å². The predicted octanol–water partition coefficient (Wildman–Crippen LogP) is 3.99. The van der Waals surface area contributed by atoms with Gasteiger partial charge < -0.3 is 10.2 Å². The van der Waals surface area contributed by atoms with Crippen molar-refractivity contribution in [1.29, 1.82) is 0 Å². The summed E-state index contributed by atoms with van der Waals surface area (Å²) >= 11 is 0. The molecule has 1 amide bonds. The van der Waals surface area contributed by atoms with Crippen LogP contribution in [-0.4, -0.2) is 43.0 Å². The van der Waals surface area contributed by atoms with Crippen LogP contribution < -0.4 is 10.2 Å². The van der Waals surface area contributed by atoms with Gasteiger partial charge in [-0.05, 0) is 55.5 Å². The number of hydrogen-bond acceptors (Lipinski definition) is 3. The second kappa shape index (κ2) is 8.18. The van der Waals surface area contributed by atoms with E-state index in [1.807, 2.05) is 4.90 Å². The first kappa shape index (κ1) is 20.1. The van der Waals surface area contributed by atoms with E-state index in [1.165, 1.54) is 24.3 Å². The number of alkyl halides is 3. The van der Waals surface area contributed by atoms with Gasteiger partial charge in [0.05, 0.1) is 11.6 Å². The molecule has 1 atom stereocenters. The van der Waals surface area contributed by atoms with Gasteiger partial charge in [0, 0.05) is 37.6 Å². The van der Waals surface area contributed by atoms with Crippen LogP contribution in [0, 0.1) is 5.82 Å². The number of nitrogens with zero attached hydrogens (tertiary/aromatic N) is 2. The topological polar surface area (TPSA) is 35.6 Å². The van der Waals surface area contributed by atoms with Crippen molar-refractivity contribution in [3.63, 3.8) is 0 Å². The third-order valence-electron chi connectivity index (χ3n) is 4.91. The van der Waals surface area contributed by atoms with Crippen LogP contribution in [0.4, 0.5) is 28.9 Å². The van der Waals surface area contributed by atoms with Gasteiger partial charge in [-0.25, -0.2) is 4.39 Å². The number of nitrogens with one attached hydrogen (secondary N) is 1. The normalized spacial score (nSPS) is 16.7. The van der Waals surface area contributed by atoms with Crippen molar-refractivity contribution >= 4 is 17.3 Å². The monoisotopic (exact) mass is 395 g/mol. The highest BCUT2D eigenvalue weighted by Crippen LogP contribution is 2.29. The summed E-state index contributed by atoms with van der Waals surface area (Å²) in [5, 5.41) is 2.66. The SMILES string of the molecule is C[C@H](C(=O)Nc1ccc(C(F)(F)F)cc1)N1CCN(c2ccc(F)cc2)CC1. The van der Waals surface area contributed by atoms with E-state index < -0.39 is 17.8 Å². The average molecular weight is 395 g/mol. The van der Waals surface area contributed by atoms with Gasteiger partial charge in [-0.15, -0.1) is 0 Å². The molecule has 2 aromatic carbocycles. The molecule has 8 heteroatoms. The molecule has 0 unspecified atom stereocenters. The van der Waals surface area contributed by atoms with Crippen molar-refractivity contribution in [2.45, 2.75) is 19.1 Å². The third kappa shape index (κ3) is 4.81. The fourth-order valence-corrected chi connectivity index (χ4v) is 3.17. The lowest BCUT2D eigenvalue weighted by Crippen LogP contribution is -2.52. The molecule has 0 radical (unpaired) electrons. The van der Waals surface area contributed by atoms with E-state index in [2.05, 4.69) is 10.2 Å². The van der Waals surface area contributed by atoms with Crippen LogP contribution >= 0.6 is 0 Å². The summed E-state index contributed by atoms with van der Waals surface area (Å²) < 4.78 is 50.9. The van der Waals surface area contributed by atoms with Crippen molar-refractivity contribution in [2.75, 3.05) is 36.4 Å². The van der Waals surface area contributed by atoms with Crippen molar-refractivity contribution in [3.05, 3.63) is 59.9 Å². The zero-order valence-electron chi connectivity index (χ0n) is 15.3. The Labute approximate surface area is 160 Å². The number of piperazine rings is 1. The van der Waals surface area contributed by atoms with Crippen LogP contribution in [0.25, 0.3) is 0 Å². The van der Waals surface area contributed by atoms with Gasteiger partial charge >= 0.3 is 6.18 Å². The first-order valence-electron chi connectivity index (χ1n) is 8.97. The summed E-state index contributed by atoms with van der Waals surface area (Å²) in [5.41, 5.74) is 0.508. The molecular weight excluding hydrogens is 374 g/mol. The number of carbonyl (C=O) groups excluding carboxylic acids is 1. The molecule has 1 N–H and O–H groups in total. The summed E-state index contributed by atoms with van der Waals surface area (Å²) in [7, 11) is 0. The van der Waals surface area contributed by atoms with E-state index in [0.717, 1.165) is 17.8 Å². The number of amides is 1. The van der Waals surface area contributed by atoms with Crippen LogP contribution in [0.1, 0.15) is 12.5 Å². The number of halogens is 4. The number of anilines is 2. The Kier molecular flexibility index (Phi) is 5.88. The second-order valence-electron chi connectivity index (χ2n) is 6.74. The number of benzene rings is 2. The minimum Gasteiger partial charge on any atom is -0.369 e. The molecular formula is C20H21F4N3O. The molecule has 1 heterocycles. The number of carbonyl (C=O) groups is 1. The standard InChI is InChI=1S/C20H21F4N3O/c1-14(19(28)25-17-6-2-15(3-7-17)20(22,23)24)26-10-12-27(13-11-26)18-8-4-16(21)5-9-18/h2-9,14H,10-13H2,1H3,(H,25,28)/t14-/m1/s1. The molecule has 3 rings (SSSR count). The van der Waals surface area contributed by atoms with Crippen LogP contribution in [0.5, 0.6) is 0 Å². The minimum absolute atomic E-state index is 0.269. The van der Waals surface area contributed by atoms with Gasteiger partial charge in [0.1, 0.15) is 5.82 Å². The van der Waals surface area contributed by atoms with Crippen molar-refractivity contribution in [1.82, 2.24) is 4.90 Å². The highest BCUT2D eigenvalue weighted by molar-refractivity contribution is 5.94. The van der Waals surface area contributed by atoms with Gasteiger partial charge in [-0.3, -0.25) is 9.69 Å². The molecule has 0 aromatic heterocycles. The van der Waals surface area contributed by atoms with Crippen molar-refractivity contribution < 1.29 is 22.4 Å². The van der Waals surface area contributed by atoms with E-state index in [9.17, 15) is 22.4 Å². The lowest BCUT2D eigenvalue weighted by atomic mass is 10.1. The molecule has 1 aliphatic heterocycles. The molecule has 28 heavy (non-hydrogen) atoms. The van der Waals surface area contributed by atoms with Gasteiger partial charge in [0.15, 0.2) is 0 Å². The van der Waals surface area contributed by atoms with Crippen molar-refractivity contribution in [2.24, 2.45) is 0 Å². The Bertz CT molecular complexity index is 798. The van der Waals surface area contributed by atoms with Crippen LogP contribution in [0.15, 0.2) is 48.5 Å². The summed E-state index contributed by atoms with van der Waals surface area (Å²) in [6.45, 7) is 4.47. The molecule has 4 nitrogen and oxygen atoms in total. The fraction of sp³-hybridized carbons (Fsp3) is 0.350. The van der Waals surface area contributed by atoms with E-state index in [-0.39, 0.29) is 11.7 Å². The zero-order valence-corrected chi connectivity index (χ0v) is 15.3. The summed E-state index contributed by atoms with van der Waals surface area (Å²) in [4.78, 5) is 16.6. The first-order valence-corrected chi connectivity index (χ1v) is 8.97. The fourth-order valence-electron chi connectivity index (χ4n) is 3.17. The molecule has 2 aromatic rings. The van der Waals surface area contributed by atoms with Gasteiger partial charge in [-0.1, -0.05) is 0 Å². The molecule has 0 saturated carbocycles. The van der Waals surface area contributed by atoms with Crippen molar-refractivity contribution in [3.8, 4) is 0 Å². The quantitative estimate of drug-likeness (QED) is 0.795. The molecule has 0 spiro atoms. The van der Waals surface area contributed by atoms with E-state index in [4.69, 9.17) is 0 Å². The smallest absolute Gasteiger partial charge is 0.369 e. The Morgan fingerprint density at radius 1 is 0.964 bits per heavy atom. The molecule has 150 valence electrons. The average Bonchev–Trinajstić information content (AvgIpc) is 2.68. The maximum Gasteiger partial charge on any atom is 0.416 e. The molecule has 1 aliphatic rings. The first-order chi connectivity index (χ1) is 13.2. The minimum atomic E-state index is -4.40. The Morgan fingerprint density at radius 2 is 1.54 bits per heavy atom. The lowest BCUT2D eigenvalue weighted by Gasteiger charge is -2.38. The Balaban J connectivity index is 1.53. The molecule has 0 bridgehead atoms. The van der Waals surface area contributed by atoms with E-state index in [0.29, 0.717) is 31.9 Å². The van der Waals surface area contributed by atoms with Crippen LogP contribution in [0.2, 0.25) is 0 Å². The number of hydrogen-bond donors (Lipinski definition) is 1. The number of rotatable bonds is 4. The van der Waals surface area contributed by atoms with E-state index >= 15 is 0 Å².